The largest absolute Gasteiger partial charge is 0.492 e. The fraction of sp³-hybridized carbons (Fsp3) is 0.333. The van der Waals surface area contributed by atoms with Gasteiger partial charge in [0, 0.05) is 20.6 Å². The summed E-state index contributed by atoms with van der Waals surface area (Å²) < 4.78 is 11.1. The number of nitrogens with one attached hydrogen (secondary N) is 1. The van der Waals surface area contributed by atoms with Crippen molar-refractivity contribution in [3.63, 3.8) is 0 Å². The number of ether oxygens (including phenoxy) is 2. The highest BCUT2D eigenvalue weighted by molar-refractivity contribution is 5.79. The number of nitrogens with zero attached hydrogens (tertiary/aromatic N) is 2. The summed E-state index contributed by atoms with van der Waals surface area (Å²) in [7, 11) is 3.70. The van der Waals surface area contributed by atoms with Crippen molar-refractivity contribution in [2.75, 3.05) is 33.9 Å². The molecule has 1 amide bonds. The van der Waals surface area contributed by atoms with Crippen LogP contribution in [0.25, 0.3) is 0 Å². The SMILES string of the molecule is CN=C(NCc1cccc(OCC(N)=O)c1)N(C)CCOc1ccc(C)cc1. The zero-order chi connectivity index (χ0) is 20.4. The van der Waals surface area contributed by atoms with E-state index in [1.54, 1.807) is 13.1 Å². The van der Waals surface area contributed by atoms with Crippen LogP contribution in [-0.2, 0) is 11.3 Å². The van der Waals surface area contributed by atoms with E-state index in [-0.39, 0.29) is 6.61 Å². The number of primary amides is 1. The maximum atomic E-state index is 10.8. The van der Waals surface area contributed by atoms with Crippen molar-refractivity contribution >= 4 is 11.9 Å². The molecule has 0 radical (unpaired) electrons. The number of carbonyl (C=O) groups excluding carboxylic acids is 1. The fourth-order valence-electron chi connectivity index (χ4n) is 2.51. The molecule has 0 heterocycles. The Balaban J connectivity index is 1.80. The second-order valence-corrected chi connectivity index (χ2v) is 6.39. The molecule has 0 unspecified atom stereocenters. The first-order chi connectivity index (χ1) is 13.5. The number of benzene rings is 2. The van der Waals surface area contributed by atoms with Crippen LogP contribution in [0.5, 0.6) is 11.5 Å². The zero-order valence-electron chi connectivity index (χ0n) is 16.6. The minimum absolute atomic E-state index is 0.137. The summed E-state index contributed by atoms with van der Waals surface area (Å²) in [6.45, 7) is 3.73. The quantitative estimate of drug-likeness (QED) is 0.509. The van der Waals surface area contributed by atoms with E-state index in [0.29, 0.717) is 25.4 Å². The van der Waals surface area contributed by atoms with Crippen molar-refractivity contribution in [2.45, 2.75) is 13.5 Å². The lowest BCUT2D eigenvalue weighted by Gasteiger charge is -2.22. The van der Waals surface area contributed by atoms with Crippen LogP contribution in [0.15, 0.2) is 53.5 Å². The molecule has 7 nitrogen and oxygen atoms in total. The van der Waals surface area contributed by atoms with Crippen LogP contribution in [0.4, 0.5) is 0 Å². The normalized spacial score (nSPS) is 11.0. The molecule has 3 N–H and O–H groups in total. The first-order valence-electron chi connectivity index (χ1n) is 9.09. The van der Waals surface area contributed by atoms with Gasteiger partial charge in [0.05, 0.1) is 6.54 Å². The van der Waals surface area contributed by atoms with Crippen LogP contribution in [0.1, 0.15) is 11.1 Å². The van der Waals surface area contributed by atoms with E-state index in [1.165, 1.54) is 5.56 Å². The van der Waals surface area contributed by atoms with Crippen LogP contribution in [0.2, 0.25) is 0 Å². The minimum Gasteiger partial charge on any atom is -0.492 e. The van der Waals surface area contributed by atoms with Gasteiger partial charge in [-0.1, -0.05) is 29.8 Å². The van der Waals surface area contributed by atoms with Gasteiger partial charge < -0.3 is 25.4 Å². The topological polar surface area (TPSA) is 89.2 Å². The van der Waals surface area contributed by atoms with Crippen molar-refractivity contribution in [1.82, 2.24) is 10.2 Å². The lowest BCUT2D eigenvalue weighted by atomic mass is 10.2. The summed E-state index contributed by atoms with van der Waals surface area (Å²) >= 11 is 0. The maximum absolute atomic E-state index is 10.8. The number of aliphatic imine (C=N–C) groups is 1. The molecule has 0 aliphatic heterocycles. The van der Waals surface area contributed by atoms with E-state index in [2.05, 4.69) is 10.3 Å². The Hall–Kier alpha value is -3.22. The van der Waals surface area contributed by atoms with Gasteiger partial charge >= 0.3 is 0 Å². The molecule has 7 heteroatoms. The summed E-state index contributed by atoms with van der Waals surface area (Å²) in [6.07, 6.45) is 0. The molecule has 0 aliphatic rings. The van der Waals surface area contributed by atoms with Gasteiger partial charge in [-0.3, -0.25) is 9.79 Å². The van der Waals surface area contributed by atoms with E-state index in [4.69, 9.17) is 15.2 Å². The van der Waals surface area contributed by atoms with Crippen LogP contribution in [-0.4, -0.2) is 50.6 Å². The maximum Gasteiger partial charge on any atom is 0.255 e. The lowest BCUT2D eigenvalue weighted by Crippen LogP contribution is -2.40. The molecule has 0 atom stereocenters. The van der Waals surface area contributed by atoms with Gasteiger partial charge in [0.2, 0.25) is 0 Å². The first-order valence-corrected chi connectivity index (χ1v) is 9.09. The fourth-order valence-corrected chi connectivity index (χ4v) is 2.51. The molecule has 0 saturated carbocycles. The van der Waals surface area contributed by atoms with Gasteiger partial charge in [0.15, 0.2) is 12.6 Å². The summed E-state index contributed by atoms with van der Waals surface area (Å²) in [6, 6.07) is 15.5. The first kappa shape index (κ1) is 21.1. The number of aryl methyl sites for hydroxylation is 1. The minimum atomic E-state index is -0.501. The van der Waals surface area contributed by atoms with Gasteiger partial charge in [-0.05, 0) is 36.8 Å². The highest BCUT2D eigenvalue weighted by Gasteiger charge is 2.07. The van der Waals surface area contributed by atoms with Gasteiger partial charge in [0.1, 0.15) is 18.1 Å². The number of rotatable bonds is 9. The number of hydrogen-bond acceptors (Lipinski definition) is 4. The highest BCUT2D eigenvalue weighted by Crippen LogP contribution is 2.13. The van der Waals surface area contributed by atoms with Crippen molar-refractivity contribution in [3.8, 4) is 11.5 Å². The lowest BCUT2D eigenvalue weighted by molar-refractivity contribution is -0.119. The van der Waals surface area contributed by atoms with E-state index in [1.807, 2.05) is 61.3 Å². The van der Waals surface area contributed by atoms with E-state index < -0.39 is 5.91 Å². The van der Waals surface area contributed by atoms with Crippen LogP contribution in [0.3, 0.4) is 0 Å². The molecule has 2 rings (SSSR count). The third-order valence-corrected chi connectivity index (χ3v) is 4.02. The molecule has 0 saturated heterocycles. The Kier molecular flexibility index (Phi) is 8.14. The molecular formula is C21H28N4O3. The predicted octanol–water partition coefficient (Wildman–Crippen LogP) is 1.95. The molecule has 150 valence electrons. The monoisotopic (exact) mass is 384 g/mol. The number of likely N-dealkylation sites (N-methyl/N-ethyl adjacent to an activating group) is 1. The van der Waals surface area contributed by atoms with E-state index >= 15 is 0 Å². The van der Waals surface area contributed by atoms with Crippen molar-refractivity contribution in [2.24, 2.45) is 10.7 Å². The van der Waals surface area contributed by atoms with Crippen LogP contribution < -0.4 is 20.5 Å². The Morgan fingerprint density at radius 1 is 1.14 bits per heavy atom. The molecule has 0 fully saturated rings. The Morgan fingerprint density at radius 3 is 2.57 bits per heavy atom. The Bertz CT molecular complexity index is 790. The second-order valence-electron chi connectivity index (χ2n) is 6.39. The number of nitrogens with two attached hydrogens (primary N) is 1. The smallest absolute Gasteiger partial charge is 0.255 e. The molecule has 2 aromatic rings. The highest BCUT2D eigenvalue weighted by atomic mass is 16.5. The average Bonchev–Trinajstić information content (AvgIpc) is 2.69. The third kappa shape index (κ3) is 7.19. The number of hydrogen-bond donors (Lipinski definition) is 2. The Labute approximate surface area is 166 Å². The molecular weight excluding hydrogens is 356 g/mol. The summed E-state index contributed by atoms with van der Waals surface area (Å²) in [4.78, 5) is 17.1. The van der Waals surface area contributed by atoms with Gasteiger partial charge in [-0.2, -0.15) is 0 Å². The second kappa shape index (κ2) is 10.8. The molecule has 0 spiro atoms. The molecule has 28 heavy (non-hydrogen) atoms. The molecule has 0 aromatic heterocycles. The van der Waals surface area contributed by atoms with Crippen molar-refractivity contribution in [3.05, 3.63) is 59.7 Å². The third-order valence-electron chi connectivity index (χ3n) is 4.02. The molecule has 2 aromatic carbocycles. The Morgan fingerprint density at radius 2 is 1.89 bits per heavy atom. The molecule has 0 bridgehead atoms. The average molecular weight is 384 g/mol. The van der Waals surface area contributed by atoms with E-state index in [0.717, 1.165) is 17.3 Å². The zero-order valence-corrected chi connectivity index (χ0v) is 16.6. The summed E-state index contributed by atoms with van der Waals surface area (Å²) in [5, 5.41) is 3.31. The number of guanidine groups is 1. The van der Waals surface area contributed by atoms with Gasteiger partial charge in [-0.25, -0.2) is 0 Å². The summed E-state index contributed by atoms with van der Waals surface area (Å²) in [5.41, 5.74) is 7.32. The number of amides is 1. The van der Waals surface area contributed by atoms with Crippen molar-refractivity contribution in [1.29, 1.82) is 0 Å². The van der Waals surface area contributed by atoms with Crippen LogP contribution in [0, 0.1) is 6.92 Å². The molecule has 0 aliphatic carbocycles. The van der Waals surface area contributed by atoms with Gasteiger partial charge in [-0.15, -0.1) is 0 Å². The van der Waals surface area contributed by atoms with Crippen molar-refractivity contribution < 1.29 is 14.3 Å². The standard InChI is InChI=1S/C21H28N4O3/c1-16-7-9-18(10-8-16)27-12-11-25(3)21(23-2)24-14-17-5-4-6-19(13-17)28-15-20(22)26/h4-10,13H,11-12,14-15H2,1-3H3,(H2,22,26)(H,23,24). The van der Waals surface area contributed by atoms with E-state index in [9.17, 15) is 4.79 Å². The summed E-state index contributed by atoms with van der Waals surface area (Å²) in [5.74, 6) is 1.72. The predicted molar refractivity (Wildman–Crippen MR) is 111 cm³/mol. The number of carbonyl (C=O) groups is 1. The van der Waals surface area contributed by atoms with Crippen LogP contribution >= 0.6 is 0 Å². The van der Waals surface area contributed by atoms with Gasteiger partial charge in [0.25, 0.3) is 5.91 Å².